The normalized spacial score (nSPS) is 23.6. The van der Waals surface area contributed by atoms with Gasteiger partial charge < -0.3 is 14.8 Å². The van der Waals surface area contributed by atoms with Gasteiger partial charge in [-0.1, -0.05) is 12.1 Å². The van der Waals surface area contributed by atoms with Crippen LogP contribution in [0.4, 0.5) is 5.69 Å². The van der Waals surface area contributed by atoms with Gasteiger partial charge in [0.25, 0.3) is 0 Å². The number of aryl methyl sites for hydroxylation is 2. The van der Waals surface area contributed by atoms with Crippen molar-refractivity contribution < 1.29 is 14.3 Å². The highest BCUT2D eigenvalue weighted by Crippen LogP contribution is 2.32. The molecule has 7 heteroatoms. The lowest BCUT2D eigenvalue weighted by molar-refractivity contribution is -0.145. The van der Waals surface area contributed by atoms with Crippen LogP contribution in [0.15, 0.2) is 30.9 Å². The molecule has 7 nitrogen and oxygen atoms in total. The summed E-state index contributed by atoms with van der Waals surface area (Å²) in [5, 5.41) is 7.05. The molecule has 2 aliphatic rings. The molecule has 1 fully saturated rings. The van der Waals surface area contributed by atoms with E-state index < -0.39 is 0 Å². The number of aromatic nitrogens is 3. The number of anilines is 1. The molecular weight excluding hydrogens is 308 g/mol. The average Bonchev–Trinajstić information content (AvgIpc) is 3.13. The summed E-state index contributed by atoms with van der Waals surface area (Å²) in [7, 11) is 0. The predicted octanol–water partition coefficient (Wildman–Crippen LogP) is 1.71. The van der Waals surface area contributed by atoms with Crippen LogP contribution < -0.4 is 5.32 Å². The Bertz CT molecular complexity index is 717. The first kappa shape index (κ1) is 15.3. The molecule has 24 heavy (non-hydrogen) atoms. The van der Waals surface area contributed by atoms with Gasteiger partial charge in [0.15, 0.2) is 0 Å². The van der Waals surface area contributed by atoms with Gasteiger partial charge in [-0.3, -0.25) is 9.48 Å². The summed E-state index contributed by atoms with van der Waals surface area (Å²) in [6.07, 6.45) is 5.25. The van der Waals surface area contributed by atoms with E-state index in [0.29, 0.717) is 19.6 Å². The zero-order valence-electron chi connectivity index (χ0n) is 13.4. The van der Waals surface area contributed by atoms with E-state index in [-0.39, 0.29) is 18.1 Å². The van der Waals surface area contributed by atoms with Gasteiger partial charge in [0, 0.05) is 18.7 Å². The van der Waals surface area contributed by atoms with Gasteiger partial charge in [0.05, 0.1) is 19.3 Å². The van der Waals surface area contributed by atoms with Crippen LogP contribution in [0.25, 0.3) is 0 Å². The number of rotatable bonds is 4. The highest BCUT2D eigenvalue weighted by atomic mass is 16.6. The minimum Gasteiger partial charge on any atom is -0.373 e. The molecule has 1 N–H and O–H groups in total. The highest BCUT2D eigenvalue weighted by molar-refractivity contribution is 5.93. The van der Waals surface area contributed by atoms with Gasteiger partial charge in [-0.25, -0.2) is 4.98 Å². The number of nitrogens with one attached hydrogen (secondary N) is 1. The summed E-state index contributed by atoms with van der Waals surface area (Å²) >= 11 is 0. The second-order valence-electron chi connectivity index (χ2n) is 6.11. The van der Waals surface area contributed by atoms with Gasteiger partial charge >= 0.3 is 0 Å². The van der Waals surface area contributed by atoms with E-state index in [9.17, 15) is 4.79 Å². The number of fused-ring (bicyclic) bond motifs is 1. The molecule has 1 amide bonds. The number of nitrogens with zero attached hydrogens (tertiary/aromatic N) is 3. The average molecular weight is 328 g/mol. The van der Waals surface area contributed by atoms with Crippen molar-refractivity contribution in [2.45, 2.75) is 38.0 Å². The minimum atomic E-state index is -0.0924. The lowest BCUT2D eigenvalue weighted by Gasteiger charge is -2.33. The molecule has 0 spiro atoms. The summed E-state index contributed by atoms with van der Waals surface area (Å²) in [4.78, 5) is 15.5. The third kappa shape index (κ3) is 3.18. The first-order valence-electron chi connectivity index (χ1n) is 8.28. The van der Waals surface area contributed by atoms with Crippen molar-refractivity contribution in [3.63, 3.8) is 0 Å². The van der Waals surface area contributed by atoms with Crippen LogP contribution in [-0.2, 0) is 27.2 Å². The molecular formula is C17H20N4O3. The monoisotopic (exact) mass is 328 g/mol. The van der Waals surface area contributed by atoms with Gasteiger partial charge in [-0.05, 0) is 30.0 Å². The minimum absolute atomic E-state index is 0.0146. The van der Waals surface area contributed by atoms with Gasteiger partial charge in [-0.2, -0.15) is 5.10 Å². The van der Waals surface area contributed by atoms with E-state index >= 15 is 0 Å². The van der Waals surface area contributed by atoms with Crippen LogP contribution in [0.1, 0.15) is 30.1 Å². The molecule has 126 valence electrons. The molecule has 4 rings (SSSR count). The molecule has 0 aliphatic carbocycles. The maximum atomic E-state index is 11.5. The first-order valence-corrected chi connectivity index (χ1v) is 8.28. The number of amides is 1. The van der Waals surface area contributed by atoms with Crippen LogP contribution in [-0.4, -0.2) is 40.0 Å². The molecule has 0 saturated carbocycles. The van der Waals surface area contributed by atoms with E-state index in [4.69, 9.17) is 9.47 Å². The highest BCUT2D eigenvalue weighted by Gasteiger charge is 2.29. The molecule has 2 unspecified atom stereocenters. The van der Waals surface area contributed by atoms with E-state index in [1.165, 1.54) is 6.33 Å². The summed E-state index contributed by atoms with van der Waals surface area (Å²) in [5.74, 6) is 0.0817. The number of hydrogen-bond acceptors (Lipinski definition) is 5. The number of hydrogen-bond donors (Lipinski definition) is 1. The van der Waals surface area contributed by atoms with Crippen LogP contribution in [0.3, 0.4) is 0 Å². The molecule has 1 aromatic carbocycles. The maximum absolute atomic E-state index is 11.5. The Morgan fingerprint density at radius 1 is 1.25 bits per heavy atom. The fourth-order valence-corrected chi connectivity index (χ4v) is 3.30. The van der Waals surface area contributed by atoms with Crippen molar-refractivity contribution in [2.24, 2.45) is 0 Å². The standard InChI is InChI=1S/C17H20N4O3/c22-16-4-2-12-9-13(1-3-14(12)20-16)17-15(23-7-8-24-17)5-6-21-11-18-10-19-21/h1,3,9-11,15,17H,2,4-8H2,(H,20,22). The van der Waals surface area contributed by atoms with Gasteiger partial charge in [-0.15, -0.1) is 0 Å². The van der Waals surface area contributed by atoms with Gasteiger partial charge in [0.1, 0.15) is 18.8 Å². The number of benzene rings is 1. The number of ether oxygens (including phenoxy) is 2. The Labute approximate surface area is 140 Å². The molecule has 3 heterocycles. The second kappa shape index (κ2) is 6.70. The topological polar surface area (TPSA) is 78.3 Å². The molecule has 2 aliphatic heterocycles. The maximum Gasteiger partial charge on any atom is 0.224 e. The first-order chi connectivity index (χ1) is 11.8. The zero-order chi connectivity index (χ0) is 16.4. The van der Waals surface area contributed by atoms with Crippen molar-refractivity contribution in [1.82, 2.24) is 14.8 Å². The number of carbonyl (C=O) groups excluding carboxylic acids is 1. The molecule has 1 aromatic heterocycles. The Morgan fingerprint density at radius 3 is 3.04 bits per heavy atom. The summed E-state index contributed by atoms with van der Waals surface area (Å²) in [6.45, 7) is 1.95. The van der Waals surface area contributed by atoms with Gasteiger partial charge in [0.2, 0.25) is 5.91 Å². The second-order valence-corrected chi connectivity index (χ2v) is 6.11. The fourth-order valence-electron chi connectivity index (χ4n) is 3.30. The number of carbonyl (C=O) groups is 1. The van der Waals surface area contributed by atoms with Crippen LogP contribution in [0, 0.1) is 0 Å². The predicted molar refractivity (Wildman–Crippen MR) is 86.5 cm³/mol. The third-order valence-electron chi connectivity index (χ3n) is 4.51. The van der Waals surface area contributed by atoms with Crippen LogP contribution >= 0.6 is 0 Å². The summed E-state index contributed by atoms with van der Waals surface area (Å²) < 4.78 is 13.8. The van der Waals surface area contributed by atoms with Crippen molar-refractivity contribution in [3.8, 4) is 0 Å². The third-order valence-corrected chi connectivity index (χ3v) is 4.51. The largest absolute Gasteiger partial charge is 0.373 e. The lowest BCUT2D eigenvalue weighted by atomic mass is 9.95. The fraction of sp³-hybridized carbons (Fsp3) is 0.471. The molecule has 0 bridgehead atoms. The Hall–Kier alpha value is -2.25. The van der Waals surface area contributed by atoms with Crippen molar-refractivity contribution in [3.05, 3.63) is 42.0 Å². The molecule has 2 aromatic rings. The molecule has 0 radical (unpaired) electrons. The van der Waals surface area contributed by atoms with E-state index in [1.807, 2.05) is 12.1 Å². The van der Waals surface area contributed by atoms with Crippen LogP contribution in [0.5, 0.6) is 0 Å². The van der Waals surface area contributed by atoms with Crippen LogP contribution in [0.2, 0.25) is 0 Å². The summed E-state index contributed by atoms with van der Waals surface area (Å²) in [6, 6.07) is 6.12. The Morgan fingerprint density at radius 2 is 2.17 bits per heavy atom. The smallest absolute Gasteiger partial charge is 0.224 e. The van der Waals surface area contributed by atoms with E-state index in [2.05, 4.69) is 21.5 Å². The van der Waals surface area contributed by atoms with E-state index in [0.717, 1.165) is 36.2 Å². The van der Waals surface area contributed by atoms with Crippen molar-refractivity contribution >= 4 is 11.6 Å². The Kier molecular flexibility index (Phi) is 4.27. The lowest BCUT2D eigenvalue weighted by Crippen LogP contribution is -2.33. The van der Waals surface area contributed by atoms with Crippen molar-refractivity contribution in [1.29, 1.82) is 0 Å². The zero-order valence-corrected chi connectivity index (χ0v) is 13.4. The van der Waals surface area contributed by atoms with E-state index in [1.54, 1.807) is 11.0 Å². The summed E-state index contributed by atoms with van der Waals surface area (Å²) in [5.41, 5.74) is 3.18. The molecule has 2 atom stereocenters. The molecule has 1 saturated heterocycles. The van der Waals surface area contributed by atoms with Crippen molar-refractivity contribution in [2.75, 3.05) is 18.5 Å². The quantitative estimate of drug-likeness (QED) is 0.924. The Balaban J connectivity index is 1.51. The SMILES string of the molecule is O=C1CCc2cc(C3OCCOC3CCn3cncn3)ccc2N1.